The lowest BCUT2D eigenvalue weighted by Gasteiger charge is -2.12. The number of benzene rings is 2. The van der Waals surface area contributed by atoms with Crippen molar-refractivity contribution in [3.8, 4) is 11.8 Å². The maximum atomic E-state index is 9.14. The summed E-state index contributed by atoms with van der Waals surface area (Å²) in [5, 5.41) is 12.4. The molecule has 0 radical (unpaired) electrons. The lowest BCUT2D eigenvalue weighted by Crippen LogP contribution is -1.97. The van der Waals surface area contributed by atoms with Crippen LogP contribution in [-0.4, -0.2) is 7.11 Å². The van der Waals surface area contributed by atoms with E-state index >= 15 is 0 Å². The zero-order valence-corrected chi connectivity index (χ0v) is 12.3. The SMILES string of the molecule is COc1ccc(C#N)c(Nc2cc(Br)ccc2C)c1. The van der Waals surface area contributed by atoms with Gasteiger partial charge in [-0.25, -0.2) is 0 Å². The number of ether oxygens (including phenoxy) is 1. The lowest BCUT2D eigenvalue weighted by molar-refractivity contribution is 0.415. The maximum Gasteiger partial charge on any atom is 0.121 e. The first-order valence-electron chi connectivity index (χ1n) is 5.75. The number of rotatable bonds is 3. The molecule has 0 bridgehead atoms. The van der Waals surface area contributed by atoms with Crippen LogP contribution in [0.1, 0.15) is 11.1 Å². The zero-order valence-electron chi connectivity index (χ0n) is 10.7. The van der Waals surface area contributed by atoms with E-state index in [1.54, 1.807) is 19.2 Å². The monoisotopic (exact) mass is 316 g/mol. The van der Waals surface area contributed by atoms with Gasteiger partial charge in [-0.1, -0.05) is 22.0 Å². The Morgan fingerprint density at radius 1 is 1.16 bits per heavy atom. The van der Waals surface area contributed by atoms with E-state index in [2.05, 4.69) is 27.3 Å². The number of methoxy groups -OCH3 is 1. The highest BCUT2D eigenvalue weighted by atomic mass is 79.9. The van der Waals surface area contributed by atoms with Gasteiger partial charge in [0.15, 0.2) is 0 Å². The molecule has 0 fully saturated rings. The van der Waals surface area contributed by atoms with E-state index in [-0.39, 0.29) is 0 Å². The van der Waals surface area contributed by atoms with Gasteiger partial charge in [0.2, 0.25) is 0 Å². The minimum Gasteiger partial charge on any atom is -0.497 e. The van der Waals surface area contributed by atoms with Gasteiger partial charge in [0.05, 0.1) is 18.4 Å². The third-order valence-electron chi connectivity index (χ3n) is 2.82. The Bertz CT molecular complexity index is 647. The van der Waals surface area contributed by atoms with Crippen LogP contribution in [0.5, 0.6) is 5.75 Å². The molecule has 4 heteroatoms. The Morgan fingerprint density at radius 3 is 2.63 bits per heavy atom. The fourth-order valence-electron chi connectivity index (χ4n) is 1.73. The fourth-order valence-corrected chi connectivity index (χ4v) is 2.09. The molecule has 0 spiro atoms. The van der Waals surface area contributed by atoms with E-state index in [9.17, 15) is 0 Å². The molecule has 3 nitrogen and oxygen atoms in total. The molecule has 19 heavy (non-hydrogen) atoms. The quantitative estimate of drug-likeness (QED) is 0.913. The average molecular weight is 317 g/mol. The Balaban J connectivity index is 2.42. The van der Waals surface area contributed by atoms with E-state index < -0.39 is 0 Å². The Hall–Kier alpha value is -1.99. The summed E-state index contributed by atoms with van der Waals surface area (Å²) in [6, 6.07) is 13.5. The van der Waals surface area contributed by atoms with Crippen LogP contribution >= 0.6 is 15.9 Å². The van der Waals surface area contributed by atoms with Gasteiger partial charge in [-0.05, 0) is 36.8 Å². The molecule has 0 unspecified atom stereocenters. The van der Waals surface area contributed by atoms with Crippen molar-refractivity contribution < 1.29 is 4.74 Å². The largest absolute Gasteiger partial charge is 0.497 e. The second-order valence-electron chi connectivity index (χ2n) is 4.11. The van der Waals surface area contributed by atoms with Gasteiger partial charge in [-0.15, -0.1) is 0 Å². The first-order chi connectivity index (χ1) is 9.13. The Morgan fingerprint density at radius 2 is 1.95 bits per heavy atom. The van der Waals surface area contributed by atoms with Crippen LogP contribution in [0.2, 0.25) is 0 Å². The fraction of sp³-hybridized carbons (Fsp3) is 0.133. The van der Waals surface area contributed by atoms with Crippen molar-refractivity contribution in [2.45, 2.75) is 6.92 Å². The van der Waals surface area contributed by atoms with Gasteiger partial charge in [0.1, 0.15) is 11.8 Å². The molecule has 1 N–H and O–H groups in total. The molecular formula is C15H13BrN2O. The van der Waals surface area contributed by atoms with Crippen molar-refractivity contribution in [1.29, 1.82) is 5.26 Å². The van der Waals surface area contributed by atoms with E-state index in [1.807, 2.05) is 31.2 Å². The van der Waals surface area contributed by atoms with Gasteiger partial charge in [-0.3, -0.25) is 0 Å². The van der Waals surface area contributed by atoms with Gasteiger partial charge >= 0.3 is 0 Å². The van der Waals surface area contributed by atoms with E-state index in [1.165, 1.54) is 0 Å². The van der Waals surface area contributed by atoms with Crippen LogP contribution in [0.15, 0.2) is 40.9 Å². The first-order valence-corrected chi connectivity index (χ1v) is 6.54. The zero-order chi connectivity index (χ0) is 13.8. The third kappa shape index (κ3) is 3.07. The molecule has 2 aromatic rings. The van der Waals surface area contributed by atoms with Crippen LogP contribution in [0.25, 0.3) is 0 Å². The molecule has 2 rings (SSSR count). The molecule has 0 aliphatic heterocycles. The topological polar surface area (TPSA) is 45.0 Å². The van der Waals surface area contributed by atoms with Gasteiger partial charge < -0.3 is 10.1 Å². The molecule has 96 valence electrons. The molecule has 0 amide bonds. The van der Waals surface area contributed by atoms with Crippen LogP contribution in [0.3, 0.4) is 0 Å². The van der Waals surface area contributed by atoms with Crippen LogP contribution < -0.4 is 10.1 Å². The minimum absolute atomic E-state index is 0.583. The number of hydrogen-bond donors (Lipinski definition) is 1. The summed E-state index contributed by atoms with van der Waals surface area (Å²) in [4.78, 5) is 0. The predicted molar refractivity (Wildman–Crippen MR) is 79.9 cm³/mol. The van der Waals surface area contributed by atoms with Crippen molar-refractivity contribution >= 4 is 27.3 Å². The van der Waals surface area contributed by atoms with E-state index in [4.69, 9.17) is 10.00 Å². The summed E-state index contributed by atoms with van der Waals surface area (Å²) in [5.74, 6) is 0.717. The number of anilines is 2. The molecular weight excluding hydrogens is 304 g/mol. The van der Waals surface area contributed by atoms with E-state index in [0.29, 0.717) is 11.3 Å². The Labute approximate surface area is 121 Å². The molecule has 0 atom stereocenters. The standard InChI is InChI=1S/C15H13BrN2O/c1-10-3-5-12(16)7-14(10)18-15-8-13(19-2)6-4-11(15)9-17/h3-8,18H,1-2H3. The smallest absolute Gasteiger partial charge is 0.121 e. The van der Waals surface area contributed by atoms with Crippen molar-refractivity contribution in [2.24, 2.45) is 0 Å². The summed E-state index contributed by atoms with van der Waals surface area (Å²) in [6.45, 7) is 2.01. The molecule has 2 aromatic carbocycles. The van der Waals surface area contributed by atoms with Crippen molar-refractivity contribution in [3.05, 3.63) is 52.0 Å². The first kappa shape index (κ1) is 13.4. The molecule has 0 aliphatic carbocycles. The molecule has 0 saturated heterocycles. The normalized spacial score (nSPS) is 9.79. The number of aryl methyl sites for hydroxylation is 1. The van der Waals surface area contributed by atoms with Gasteiger partial charge in [0, 0.05) is 16.2 Å². The van der Waals surface area contributed by atoms with Gasteiger partial charge in [0.25, 0.3) is 0 Å². The second kappa shape index (κ2) is 5.77. The van der Waals surface area contributed by atoms with Crippen LogP contribution in [0.4, 0.5) is 11.4 Å². The summed E-state index contributed by atoms with van der Waals surface area (Å²) in [5.41, 5.74) is 3.39. The number of halogens is 1. The predicted octanol–water partition coefficient (Wildman–Crippen LogP) is 4.38. The summed E-state index contributed by atoms with van der Waals surface area (Å²) < 4.78 is 6.18. The number of nitrogens with zero attached hydrogens (tertiary/aromatic N) is 1. The van der Waals surface area contributed by atoms with Crippen molar-refractivity contribution in [1.82, 2.24) is 0 Å². The summed E-state index contributed by atoms with van der Waals surface area (Å²) in [6.07, 6.45) is 0. The van der Waals surface area contributed by atoms with Gasteiger partial charge in [-0.2, -0.15) is 5.26 Å². The van der Waals surface area contributed by atoms with Crippen LogP contribution in [0, 0.1) is 18.3 Å². The third-order valence-corrected chi connectivity index (χ3v) is 3.31. The molecule has 0 aromatic heterocycles. The van der Waals surface area contributed by atoms with Crippen molar-refractivity contribution in [3.63, 3.8) is 0 Å². The number of nitrogens with one attached hydrogen (secondary N) is 1. The lowest BCUT2D eigenvalue weighted by atomic mass is 10.1. The number of nitriles is 1. The van der Waals surface area contributed by atoms with Crippen molar-refractivity contribution in [2.75, 3.05) is 12.4 Å². The molecule has 0 aliphatic rings. The second-order valence-corrected chi connectivity index (χ2v) is 5.02. The number of hydrogen-bond acceptors (Lipinski definition) is 3. The molecule has 0 saturated carbocycles. The Kier molecular flexibility index (Phi) is 4.08. The summed E-state index contributed by atoms with van der Waals surface area (Å²) >= 11 is 3.44. The highest BCUT2D eigenvalue weighted by Gasteiger charge is 2.06. The van der Waals surface area contributed by atoms with E-state index in [0.717, 1.165) is 21.4 Å². The highest BCUT2D eigenvalue weighted by Crippen LogP contribution is 2.28. The highest BCUT2D eigenvalue weighted by molar-refractivity contribution is 9.10. The van der Waals surface area contributed by atoms with Crippen LogP contribution in [-0.2, 0) is 0 Å². The summed E-state index contributed by atoms with van der Waals surface area (Å²) in [7, 11) is 1.61. The average Bonchev–Trinajstić information content (AvgIpc) is 2.42. The minimum atomic E-state index is 0.583. The maximum absolute atomic E-state index is 9.14. The molecule has 0 heterocycles.